The SMILES string of the molecule is COc1c(SCc2ccccc2F)ccnc1CSc1nc2ccccc2[nH]1. The zero-order chi connectivity index (χ0) is 19.3. The van der Waals surface area contributed by atoms with E-state index in [-0.39, 0.29) is 5.82 Å². The second kappa shape index (κ2) is 8.67. The number of aromatic amines is 1. The summed E-state index contributed by atoms with van der Waals surface area (Å²) in [6.45, 7) is 0. The van der Waals surface area contributed by atoms with Crippen LogP contribution in [0.25, 0.3) is 11.0 Å². The number of fused-ring (bicyclic) bond motifs is 1. The molecule has 7 heteroatoms. The molecule has 0 bridgehead atoms. The number of para-hydroxylation sites is 2. The van der Waals surface area contributed by atoms with Gasteiger partial charge in [-0.2, -0.15) is 0 Å². The van der Waals surface area contributed by atoms with Crippen molar-refractivity contribution in [1.82, 2.24) is 15.0 Å². The predicted octanol–water partition coefficient (Wildman–Crippen LogP) is 5.69. The van der Waals surface area contributed by atoms with Gasteiger partial charge < -0.3 is 9.72 Å². The summed E-state index contributed by atoms with van der Waals surface area (Å²) in [5.74, 6) is 1.69. The van der Waals surface area contributed by atoms with Crippen LogP contribution >= 0.6 is 23.5 Å². The Morgan fingerprint density at radius 1 is 1.00 bits per heavy atom. The molecule has 0 saturated carbocycles. The minimum Gasteiger partial charge on any atom is -0.494 e. The second-order valence-electron chi connectivity index (χ2n) is 6.02. The van der Waals surface area contributed by atoms with E-state index in [9.17, 15) is 4.39 Å². The van der Waals surface area contributed by atoms with Crippen LogP contribution in [0.15, 0.2) is 70.8 Å². The summed E-state index contributed by atoms with van der Waals surface area (Å²) >= 11 is 3.12. The Hall–Kier alpha value is -2.51. The summed E-state index contributed by atoms with van der Waals surface area (Å²) in [4.78, 5) is 13.3. The molecule has 0 fully saturated rings. The van der Waals surface area contributed by atoms with E-state index in [4.69, 9.17) is 4.74 Å². The third-order valence-electron chi connectivity index (χ3n) is 4.20. The number of aromatic nitrogens is 3. The zero-order valence-corrected chi connectivity index (χ0v) is 16.8. The predicted molar refractivity (Wildman–Crippen MR) is 112 cm³/mol. The molecule has 0 aliphatic heterocycles. The molecule has 0 unspecified atom stereocenters. The molecule has 0 atom stereocenters. The van der Waals surface area contributed by atoms with Crippen molar-refractivity contribution in [3.05, 3.63) is 77.9 Å². The Kier molecular flexibility index (Phi) is 5.83. The molecule has 2 heterocycles. The van der Waals surface area contributed by atoms with Crippen molar-refractivity contribution in [3.8, 4) is 5.75 Å². The van der Waals surface area contributed by atoms with Crippen LogP contribution in [-0.4, -0.2) is 22.1 Å². The van der Waals surface area contributed by atoms with E-state index in [1.807, 2.05) is 36.4 Å². The lowest BCUT2D eigenvalue weighted by atomic mass is 10.2. The standard InChI is InChI=1S/C21H18FN3OS2/c1-26-20-18(13-28-21-24-16-8-4-5-9-17(16)25-21)23-11-10-19(20)27-12-14-6-2-3-7-15(14)22/h2-11H,12-13H2,1H3,(H,24,25). The van der Waals surface area contributed by atoms with Gasteiger partial charge in [0.1, 0.15) is 5.82 Å². The summed E-state index contributed by atoms with van der Waals surface area (Å²) in [7, 11) is 1.64. The van der Waals surface area contributed by atoms with Crippen LogP contribution in [0, 0.1) is 5.82 Å². The van der Waals surface area contributed by atoms with Gasteiger partial charge in [0.05, 0.1) is 28.7 Å². The van der Waals surface area contributed by atoms with Crippen molar-refractivity contribution in [1.29, 1.82) is 0 Å². The number of thioether (sulfide) groups is 2. The number of nitrogens with one attached hydrogen (secondary N) is 1. The molecule has 28 heavy (non-hydrogen) atoms. The Balaban J connectivity index is 1.49. The molecule has 0 radical (unpaired) electrons. The number of rotatable bonds is 7. The van der Waals surface area contributed by atoms with Crippen LogP contribution in [0.2, 0.25) is 0 Å². The molecule has 0 spiro atoms. The summed E-state index contributed by atoms with van der Waals surface area (Å²) in [5.41, 5.74) is 3.47. The highest BCUT2D eigenvalue weighted by molar-refractivity contribution is 7.98. The van der Waals surface area contributed by atoms with Crippen LogP contribution in [0.5, 0.6) is 5.75 Å². The number of halogens is 1. The Bertz CT molecular complexity index is 1070. The first-order valence-electron chi connectivity index (χ1n) is 8.70. The largest absolute Gasteiger partial charge is 0.494 e. The topological polar surface area (TPSA) is 50.8 Å². The highest BCUT2D eigenvalue weighted by Gasteiger charge is 2.13. The maximum absolute atomic E-state index is 13.9. The van der Waals surface area contributed by atoms with Crippen LogP contribution < -0.4 is 4.74 Å². The quantitative estimate of drug-likeness (QED) is 0.396. The average Bonchev–Trinajstić information content (AvgIpc) is 3.14. The first-order valence-corrected chi connectivity index (χ1v) is 10.7. The molecule has 142 valence electrons. The number of hydrogen-bond donors (Lipinski definition) is 1. The monoisotopic (exact) mass is 411 g/mol. The third-order valence-corrected chi connectivity index (χ3v) is 6.17. The minimum absolute atomic E-state index is 0.191. The molecular weight excluding hydrogens is 393 g/mol. The number of imidazole rings is 1. The van der Waals surface area contributed by atoms with Crippen molar-refractivity contribution in [3.63, 3.8) is 0 Å². The maximum atomic E-state index is 13.9. The number of ether oxygens (including phenoxy) is 1. The number of H-pyrrole nitrogens is 1. The van der Waals surface area contributed by atoms with Gasteiger partial charge >= 0.3 is 0 Å². The molecule has 0 aliphatic rings. The smallest absolute Gasteiger partial charge is 0.166 e. The average molecular weight is 412 g/mol. The number of hydrogen-bond acceptors (Lipinski definition) is 5. The lowest BCUT2D eigenvalue weighted by molar-refractivity contribution is 0.398. The van der Waals surface area contributed by atoms with Crippen LogP contribution in [-0.2, 0) is 11.5 Å². The van der Waals surface area contributed by atoms with Crippen molar-refractivity contribution >= 4 is 34.6 Å². The molecule has 4 aromatic rings. The molecule has 0 aliphatic carbocycles. The summed E-state index contributed by atoms with van der Waals surface area (Å²) in [6, 6.07) is 16.7. The lowest BCUT2D eigenvalue weighted by Gasteiger charge is -2.12. The van der Waals surface area contributed by atoms with E-state index in [1.165, 1.54) is 6.07 Å². The van der Waals surface area contributed by atoms with Gasteiger partial charge in [-0.3, -0.25) is 4.98 Å². The highest BCUT2D eigenvalue weighted by Crippen LogP contribution is 2.36. The van der Waals surface area contributed by atoms with Gasteiger partial charge in [-0.25, -0.2) is 9.37 Å². The van der Waals surface area contributed by atoms with E-state index >= 15 is 0 Å². The molecule has 2 aromatic carbocycles. The summed E-state index contributed by atoms with van der Waals surface area (Å²) in [5, 5.41) is 0.842. The Labute approximate surface area is 170 Å². The van der Waals surface area contributed by atoms with E-state index < -0.39 is 0 Å². The molecule has 1 N–H and O–H groups in total. The number of nitrogens with zero attached hydrogens (tertiary/aromatic N) is 2. The van der Waals surface area contributed by atoms with E-state index in [1.54, 1.807) is 49.0 Å². The van der Waals surface area contributed by atoms with Gasteiger partial charge in [0.2, 0.25) is 0 Å². The van der Waals surface area contributed by atoms with E-state index in [0.29, 0.717) is 17.1 Å². The minimum atomic E-state index is -0.191. The Morgan fingerprint density at radius 3 is 2.64 bits per heavy atom. The number of benzene rings is 2. The maximum Gasteiger partial charge on any atom is 0.166 e. The van der Waals surface area contributed by atoms with Crippen molar-refractivity contribution in [2.75, 3.05) is 7.11 Å². The number of pyridine rings is 1. The highest BCUT2D eigenvalue weighted by atomic mass is 32.2. The molecule has 0 amide bonds. The van der Waals surface area contributed by atoms with E-state index in [0.717, 1.165) is 32.5 Å². The summed E-state index contributed by atoms with van der Waals surface area (Å²) < 4.78 is 19.5. The van der Waals surface area contributed by atoms with Gasteiger partial charge in [-0.05, 0) is 29.8 Å². The fourth-order valence-electron chi connectivity index (χ4n) is 2.81. The van der Waals surface area contributed by atoms with Crippen LogP contribution in [0.4, 0.5) is 4.39 Å². The second-order valence-corrected chi connectivity index (χ2v) is 8.00. The van der Waals surface area contributed by atoms with Gasteiger partial charge in [0, 0.05) is 17.7 Å². The first-order chi connectivity index (χ1) is 13.7. The lowest BCUT2D eigenvalue weighted by Crippen LogP contribution is -1.97. The fourth-order valence-corrected chi connectivity index (χ4v) is 4.67. The first kappa shape index (κ1) is 18.8. The molecule has 0 saturated heterocycles. The van der Waals surface area contributed by atoms with Gasteiger partial charge in [-0.1, -0.05) is 42.1 Å². The van der Waals surface area contributed by atoms with Crippen LogP contribution in [0.3, 0.4) is 0 Å². The van der Waals surface area contributed by atoms with E-state index in [2.05, 4.69) is 15.0 Å². The van der Waals surface area contributed by atoms with Crippen molar-refractivity contribution < 1.29 is 9.13 Å². The fraction of sp³-hybridized carbons (Fsp3) is 0.143. The van der Waals surface area contributed by atoms with Crippen molar-refractivity contribution in [2.45, 2.75) is 21.6 Å². The van der Waals surface area contributed by atoms with Gasteiger partial charge in [-0.15, -0.1) is 11.8 Å². The van der Waals surface area contributed by atoms with Gasteiger partial charge in [0.15, 0.2) is 10.9 Å². The summed E-state index contributed by atoms with van der Waals surface area (Å²) in [6.07, 6.45) is 1.76. The van der Waals surface area contributed by atoms with Gasteiger partial charge in [0.25, 0.3) is 0 Å². The number of methoxy groups -OCH3 is 1. The molecule has 4 nitrogen and oxygen atoms in total. The molecule has 4 rings (SSSR count). The molecular formula is C21H18FN3OS2. The zero-order valence-electron chi connectivity index (χ0n) is 15.2. The molecule has 2 aromatic heterocycles. The van der Waals surface area contributed by atoms with Crippen molar-refractivity contribution in [2.24, 2.45) is 0 Å². The Morgan fingerprint density at radius 2 is 1.82 bits per heavy atom. The third kappa shape index (κ3) is 4.15. The normalized spacial score (nSPS) is 11.1. The van der Waals surface area contributed by atoms with Crippen LogP contribution in [0.1, 0.15) is 11.3 Å².